The van der Waals surface area contributed by atoms with E-state index in [1.54, 1.807) is 0 Å². The molecule has 0 aromatic carbocycles. The number of anilines is 1. The number of nitrogen functional groups attached to an aromatic ring is 1. The molecule has 6 heteroatoms. The zero-order valence-electron chi connectivity index (χ0n) is 9.60. The van der Waals surface area contributed by atoms with Crippen LogP contribution in [-0.2, 0) is 16.4 Å². The predicted molar refractivity (Wildman–Crippen MR) is 63.1 cm³/mol. The first-order chi connectivity index (χ1) is 7.21. The molecule has 90 valence electrons. The highest BCUT2D eigenvalue weighted by atomic mass is 32.2. The van der Waals surface area contributed by atoms with E-state index in [9.17, 15) is 13.2 Å². The standard InChI is InChI=1S/C10H16N2O3S/c1-7(2)5-12-6-8(11)4-9(10(12)13)16(3,14)15/h4,6-7H,5,11H2,1-3H3. The van der Waals surface area contributed by atoms with E-state index in [2.05, 4.69) is 0 Å². The third-order valence-corrected chi connectivity index (χ3v) is 3.13. The molecule has 16 heavy (non-hydrogen) atoms. The van der Waals surface area contributed by atoms with Gasteiger partial charge in [-0.15, -0.1) is 0 Å². The Hall–Kier alpha value is -1.30. The zero-order chi connectivity index (χ0) is 12.5. The molecule has 0 saturated carbocycles. The lowest BCUT2D eigenvalue weighted by atomic mass is 10.2. The Balaban J connectivity index is 3.45. The molecule has 0 radical (unpaired) electrons. The van der Waals surface area contributed by atoms with Crippen LogP contribution in [0.25, 0.3) is 0 Å². The van der Waals surface area contributed by atoms with Gasteiger partial charge < -0.3 is 10.3 Å². The van der Waals surface area contributed by atoms with Gasteiger partial charge in [-0.1, -0.05) is 13.8 Å². The van der Waals surface area contributed by atoms with Gasteiger partial charge in [-0.25, -0.2) is 8.42 Å². The second-order valence-electron chi connectivity index (χ2n) is 4.26. The maximum Gasteiger partial charge on any atom is 0.269 e. The molecule has 0 amide bonds. The Bertz CT molecular complexity index is 544. The molecule has 1 rings (SSSR count). The molecule has 1 heterocycles. The number of aromatic nitrogens is 1. The highest BCUT2D eigenvalue weighted by Crippen LogP contribution is 2.09. The van der Waals surface area contributed by atoms with Gasteiger partial charge in [0, 0.05) is 24.7 Å². The van der Waals surface area contributed by atoms with Crippen molar-refractivity contribution >= 4 is 15.5 Å². The third kappa shape index (κ3) is 2.85. The van der Waals surface area contributed by atoms with Crippen LogP contribution in [0.4, 0.5) is 5.69 Å². The second-order valence-corrected chi connectivity index (χ2v) is 6.25. The molecule has 1 aromatic heterocycles. The van der Waals surface area contributed by atoms with E-state index < -0.39 is 15.4 Å². The van der Waals surface area contributed by atoms with Crippen molar-refractivity contribution in [3.63, 3.8) is 0 Å². The number of nitrogens with two attached hydrogens (primary N) is 1. The van der Waals surface area contributed by atoms with Crippen molar-refractivity contribution in [3.05, 3.63) is 22.6 Å². The normalized spacial score (nSPS) is 12.0. The summed E-state index contributed by atoms with van der Waals surface area (Å²) >= 11 is 0. The summed E-state index contributed by atoms with van der Waals surface area (Å²) in [4.78, 5) is 11.6. The van der Waals surface area contributed by atoms with Gasteiger partial charge in [0.2, 0.25) is 0 Å². The van der Waals surface area contributed by atoms with E-state index >= 15 is 0 Å². The lowest BCUT2D eigenvalue weighted by Gasteiger charge is -2.11. The van der Waals surface area contributed by atoms with Crippen molar-refractivity contribution in [1.82, 2.24) is 4.57 Å². The summed E-state index contributed by atoms with van der Waals surface area (Å²) < 4.78 is 24.1. The summed E-state index contributed by atoms with van der Waals surface area (Å²) in [7, 11) is -3.53. The van der Waals surface area contributed by atoms with Gasteiger partial charge in [0.1, 0.15) is 4.90 Å². The van der Waals surface area contributed by atoms with Crippen molar-refractivity contribution in [2.24, 2.45) is 5.92 Å². The fourth-order valence-corrected chi connectivity index (χ4v) is 2.21. The Morgan fingerprint density at radius 3 is 2.44 bits per heavy atom. The van der Waals surface area contributed by atoms with Crippen LogP contribution in [0.15, 0.2) is 22.0 Å². The molecule has 0 aliphatic rings. The lowest BCUT2D eigenvalue weighted by molar-refractivity contribution is 0.505. The van der Waals surface area contributed by atoms with E-state index in [1.165, 1.54) is 16.8 Å². The van der Waals surface area contributed by atoms with Gasteiger partial charge in [-0.05, 0) is 12.0 Å². The van der Waals surface area contributed by atoms with Crippen LogP contribution in [0.2, 0.25) is 0 Å². The molecular weight excluding hydrogens is 228 g/mol. The number of sulfone groups is 1. The van der Waals surface area contributed by atoms with Crippen LogP contribution in [-0.4, -0.2) is 19.2 Å². The first-order valence-corrected chi connectivity index (χ1v) is 6.81. The molecule has 0 atom stereocenters. The average molecular weight is 244 g/mol. The molecule has 1 aromatic rings. The minimum atomic E-state index is -3.53. The first-order valence-electron chi connectivity index (χ1n) is 4.92. The van der Waals surface area contributed by atoms with Crippen molar-refractivity contribution in [3.8, 4) is 0 Å². The minimum absolute atomic E-state index is 0.242. The average Bonchev–Trinajstić information content (AvgIpc) is 2.07. The van der Waals surface area contributed by atoms with Crippen molar-refractivity contribution in [1.29, 1.82) is 0 Å². The van der Waals surface area contributed by atoms with Crippen LogP contribution in [0.5, 0.6) is 0 Å². The largest absolute Gasteiger partial charge is 0.398 e. The van der Waals surface area contributed by atoms with Crippen LogP contribution in [0, 0.1) is 5.92 Å². The third-order valence-electron chi connectivity index (χ3n) is 2.04. The molecular formula is C10H16N2O3S. The summed E-state index contributed by atoms with van der Waals surface area (Å²) in [6.45, 7) is 4.33. The maximum atomic E-state index is 11.8. The van der Waals surface area contributed by atoms with E-state index in [0.29, 0.717) is 6.54 Å². The molecule has 0 fully saturated rings. The molecule has 0 bridgehead atoms. The summed E-state index contributed by atoms with van der Waals surface area (Å²) in [5, 5.41) is 0. The predicted octanol–water partition coefficient (Wildman–Crippen LogP) is 0.490. The van der Waals surface area contributed by atoms with E-state index in [4.69, 9.17) is 5.73 Å². The lowest BCUT2D eigenvalue weighted by Crippen LogP contribution is -2.27. The summed E-state index contributed by atoms with van der Waals surface area (Å²) in [5.74, 6) is 0.243. The van der Waals surface area contributed by atoms with Gasteiger partial charge in [0.25, 0.3) is 5.56 Å². The van der Waals surface area contributed by atoms with Crippen LogP contribution in [0.1, 0.15) is 13.8 Å². The smallest absolute Gasteiger partial charge is 0.269 e. The van der Waals surface area contributed by atoms with Gasteiger partial charge >= 0.3 is 0 Å². The van der Waals surface area contributed by atoms with Crippen LogP contribution in [0.3, 0.4) is 0 Å². The number of hydrogen-bond donors (Lipinski definition) is 1. The van der Waals surface area contributed by atoms with Gasteiger partial charge in [0.05, 0.1) is 0 Å². The minimum Gasteiger partial charge on any atom is -0.398 e. The number of rotatable bonds is 3. The fraction of sp³-hybridized carbons (Fsp3) is 0.500. The van der Waals surface area contributed by atoms with E-state index in [0.717, 1.165) is 6.26 Å². The summed E-state index contributed by atoms with van der Waals surface area (Å²) in [6.07, 6.45) is 2.47. The molecule has 5 nitrogen and oxygen atoms in total. The molecule has 0 aliphatic carbocycles. The Morgan fingerprint density at radius 1 is 1.44 bits per heavy atom. The van der Waals surface area contributed by atoms with E-state index in [-0.39, 0.29) is 16.5 Å². The molecule has 0 saturated heterocycles. The van der Waals surface area contributed by atoms with Crippen LogP contribution >= 0.6 is 0 Å². The number of pyridine rings is 1. The molecule has 0 unspecified atom stereocenters. The van der Waals surface area contributed by atoms with Crippen molar-refractivity contribution in [2.45, 2.75) is 25.3 Å². The Kier molecular flexibility index (Phi) is 3.42. The van der Waals surface area contributed by atoms with Gasteiger partial charge in [-0.3, -0.25) is 4.79 Å². The first kappa shape index (κ1) is 12.8. The Labute approximate surface area is 94.8 Å². The maximum absolute atomic E-state index is 11.8. The number of nitrogens with zero attached hydrogens (tertiary/aromatic N) is 1. The summed E-state index contributed by atoms with van der Waals surface area (Å²) in [6, 6.07) is 1.20. The van der Waals surface area contributed by atoms with Gasteiger partial charge in [-0.2, -0.15) is 0 Å². The van der Waals surface area contributed by atoms with E-state index in [1.807, 2.05) is 13.8 Å². The highest BCUT2D eigenvalue weighted by Gasteiger charge is 2.15. The fourth-order valence-electron chi connectivity index (χ4n) is 1.43. The molecule has 0 aliphatic heterocycles. The number of hydrogen-bond acceptors (Lipinski definition) is 4. The Morgan fingerprint density at radius 2 is 2.00 bits per heavy atom. The van der Waals surface area contributed by atoms with Crippen molar-refractivity contribution in [2.75, 3.05) is 12.0 Å². The second kappa shape index (κ2) is 4.29. The molecule has 2 N–H and O–H groups in total. The topological polar surface area (TPSA) is 82.2 Å². The molecule has 0 spiro atoms. The SMILES string of the molecule is CC(C)Cn1cc(N)cc(S(C)(=O)=O)c1=O. The van der Waals surface area contributed by atoms with Crippen molar-refractivity contribution < 1.29 is 8.42 Å². The highest BCUT2D eigenvalue weighted by molar-refractivity contribution is 7.90. The monoisotopic (exact) mass is 244 g/mol. The van der Waals surface area contributed by atoms with Crippen LogP contribution < -0.4 is 11.3 Å². The zero-order valence-corrected chi connectivity index (χ0v) is 10.4. The summed E-state index contributed by atoms with van der Waals surface area (Å²) in [5.41, 5.74) is 5.35. The van der Waals surface area contributed by atoms with Gasteiger partial charge in [0.15, 0.2) is 9.84 Å². The quantitative estimate of drug-likeness (QED) is 0.839.